The molecule has 0 bridgehead atoms. The van der Waals surface area contributed by atoms with Crippen LogP contribution in [0.3, 0.4) is 0 Å². The number of para-hydroxylation sites is 1. The van der Waals surface area contributed by atoms with E-state index < -0.39 is 5.97 Å². The van der Waals surface area contributed by atoms with Gasteiger partial charge in [0, 0.05) is 29.9 Å². The van der Waals surface area contributed by atoms with Crippen molar-refractivity contribution in [3.8, 4) is 17.2 Å². The van der Waals surface area contributed by atoms with Gasteiger partial charge < -0.3 is 23.8 Å². The average molecular weight is 468 g/mol. The Labute approximate surface area is 201 Å². The van der Waals surface area contributed by atoms with Gasteiger partial charge in [-0.25, -0.2) is 4.79 Å². The zero-order valence-electron chi connectivity index (χ0n) is 20.8. The standard InChI is InChI=1S/C27H33NO6/c1-7-31-22-14-18(15-23(32-8-2)25(22)33-9-3)26(30)34-17-19(29)16-24-27(4,5)20-12-10-11-13-21(20)28(24)6/h10-16H,7-9,17H2,1-6H3. The van der Waals surface area contributed by atoms with Crippen LogP contribution in [0.25, 0.3) is 0 Å². The van der Waals surface area contributed by atoms with Gasteiger partial charge >= 0.3 is 5.97 Å². The third kappa shape index (κ3) is 5.03. The molecule has 0 saturated heterocycles. The Bertz CT molecular complexity index is 1060. The van der Waals surface area contributed by atoms with Gasteiger partial charge in [-0.2, -0.15) is 0 Å². The van der Waals surface area contributed by atoms with Crippen LogP contribution >= 0.6 is 0 Å². The number of allylic oxidation sites excluding steroid dienone is 1. The lowest BCUT2D eigenvalue weighted by Crippen LogP contribution is -2.25. The predicted octanol–water partition coefficient (Wildman–Crippen LogP) is 4.92. The summed E-state index contributed by atoms with van der Waals surface area (Å²) in [6.07, 6.45) is 1.56. The molecule has 7 heteroatoms. The van der Waals surface area contributed by atoms with Crippen LogP contribution in [-0.2, 0) is 14.9 Å². The number of hydrogen-bond donors (Lipinski definition) is 0. The van der Waals surface area contributed by atoms with E-state index in [4.69, 9.17) is 18.9 Å². The molecule has 3 rings (SSSR count). The van der Waals surface area contributed by atoms with Crippen molar-refractivity contribution in [1.82, 2.24) is 0 Å². The van der Waals surface area contributed by atoms with Crippen LogP contribution in [0.5, 0.6) is 17.2 Å². The molecule has 0 radical (unpaired) electrons. The van der Waals surface area contributed by atoms with Gasteiger partial charge in [-0.15, -0.1) is 0 Å². The molecular weight excluding hydrogens is 434 g/mol. The molecule has 0 N–H and O–H groups in total. The summed E-state index contributed by atoms with van der Waals surface area (Å²) in [5.74, 6) is 0.288. The third-order valence-electron chi connectivity index (χ3n) is 5.73. The fraction of sp³-hybridized carbons (Fsp3) is 0.407. The number of esters is 1. The molecule has 0 aromatic heterocycles. The molecular formula is C27H33NO6. The Morgan fingerprint density at radius 3 is 2.09 bits per heavy atom. The SMILES string of the molecule is CCOc1cc(C(=O)OCC(=O)C=C2N(C)c3ccccc3C2(C)C)cc(OCC)c1OCC. The monoisotopic (exact) mass is 467 g/mol. The van der Waals surface area contributed by atoms with Gasteiger partial charge in [-0.05, 0) is 44.5 Å². The number of ketones is 1. The number of benzene rings is 2. The van der Waals surface area contributed by atoms with E-state index >= 15 is 0 Å². The van der Waals surface area contributed by atoms with E-state index in [1.807, 2.05) is 50.9 Å². The summed E-state index contributed by atoms with van der Waals surface area (Å²) in [6.45, 7) is 10.5. The number of rotatable bonds is 10. The maximum Gasteiger partial charge on any atom is 0.338 e. The Morgan fingerprint density at radius 2 is 1.53 bits per heavy atom. The number of hydrogen-bond acceptors (Lipinski definition) is 7. The van der Waals surface area contributed by atoms with Crippen molar-refractivity contribution in [2.24, 2.45) is 0 Å². The Morgan fingerprint density at radius 1 is 0.941 bits per heavy atom. The summed E-state index contributed by atoms with van der Waals surface area (Å²) >= 11 is 0. The lowest BCUT2D eigenvalue weighted by atomic mass is 9.83. The molecule has 0 unspecified atom stereocenters. The highest BCUT2D eigenvalue weighted by molar-refractivity contribution is 5.97. The van der Waals surface area contributed by atoms with E-state index in [1.54, 1.807) is 18.2 Å². The van der Waals surface area contributed by atoms with Crippen LogP contribution in [0, 0.1) is 0 Å². The van der Waals surface area contributed by atoms with E-state index in [2.05, 4.69) is 19.9 Å². The average Bonchev–Trinajstić information content (AvgIpc) is 3.00. The van der Waals surface area contributed by atoms with Crippen molar-refractivity contribution in [3.05, 3.63) is 59.3 Å². The molecule has 0 amide bonds. The van der Waals surface area contributed by atoms with Crippen LogP contribution in [0.15, 0.2) is 48.2 Å². The molecule has 1 aliphatic heterocycles. The summed E-state index contributed by atoms with van der Waals surface area (Å²) in [5, 5.41) is 0. The summed E-state index contributed by atoms with van der Waals surface area (Å²) in [4.78, 5) is 27.5. The summed E-state index contributed by atoms with van der Waals surface area (Å²) in [7, 11) is 1.93. The number of ether oxygens (including phenoxy) is 4. The second-order valence-electron chi connectivity index (χ2n) is 8.37. The van der Waals surface area contributed by atoms with E-state index in [0.29, 0.717) is 37.1 Å². The molecule has 0 spiro atoms. The van der Waals surface area contributed by atoms with Gasteiger partial charge in [0.15, 0.2) is 23.9 Å². The van der Waals surface area contributed by atoms with Crippen molar-refractivity contribution in [3.63, 3.8) is 0 Å². The van der Waals surface area contributed by atoms with Crippen LogP contribution in [0.2, 0.25) is 0 Å². The second-order valence-corrected chi connectivity index (χ2v) is 8.37. The van der Waals surface area contributed by atoms with Crippen LogP contribution in [0.1, 0.15) is 50.5 Å². The van der Waals surface area contributed by atoms with Crippen molar-refractivity contribution >= 4 is 17.4 Å². The van der Waals surface area contributed by atoms with Crippen LogP contribution in [-0.4, -0.2) is 45.2 Å². The Hall–Kier alpha value is -3.48. The quantitative estimate of drug-likeness (QED) is 0.363. The Kier molecular flexibility index (Phi) is 7.87. The normalized spacial score (nSPS) is 15.1. The van der Waals surface area contributed by atoms with Crippen molar-refractivity contribution < 1.29 is 28.5 Å². The lowest BCUT2D eigenvalue weighted by molar-refractivity contribution is -0.117. The molecule has 1 heterocycles. The Balaban J connectivity index is 1.77. The highest BCUT2D eigenvalue weighted by atomic mass is 16.5. The third-order valence-corrected chi connectivity index (χ3v) is 5.73. The van der Waals surface area contributed by atoms with Gasteiger partial charge in [0.25, 0.3) is 0 Å². The zero-order valence-corrected chi connectivity index (χ0v) is 20.8. The number of carbonyl (C=O) groups excluding carboxylic acids is 2. The fourth-order valence-electron chi connectivity index (χ4n) is 4.18. The van der Waals surface area contributed by atoms with E-state index in [0.717, 1.165) is 16.9 Å². The first-order valence-corrected chi connectivity index (χ1v) is 11.6. The molecule has 0 saturated carbocycles. The van der Waals surface area contributed by atoms with Crippen molar-refractivity contribution in [2.75, 3.05) is 38.4 Å². The number of anilines is 1. The number of fused-ring (bicyclic) bond motifs is 1. The molecule has 0 fully saturated rings. The molecule has 7 nitrogen and oxygen atoms in total. The number of nitrogens with zero attached hydrogens (tertiary/aromatic N) is 1. The zero-order chi connectivity index (χ0) is 24.9. The predicted molar refractivity (Wildman–Crippen MR) is 131 cm³/mol. The molecule has 2 aromatic carbocycles. The molecule has 1 aliphatic rings. The van der Waals surface area contributed by atoms with Crippen molar-refractivity contribution in [2.45, 2.75) is 40.0 Å². The van der Waals surface area contributed by atoms with Gasteiger partial charge in [0.1, 0.15) is 0 Å². The minimum Gasteiger partial charge on any atom is -0.490 e. The molecule has 0 atom stereocenters. The fourth-order valence-corrected chi connectivity index (χ4v) is 4.18. The molecule has 2 aromatic rings. The molecule has 182 valence electrons. The maximum atomic E-state index is 12.8. The van der Waals surface area contributed by atoms with Gasteiger partial charge in [-0.3, -0.25) is 4.79 Å². The smallest absolute Gasteiger partial charge is 0.338 e. The van der Waals surface area contributed by atoms with Crippen LogP contribution < -0.4 is 19.1 Å². The van der Waals surface area contributed by atoms with Crippen LogP contribution in [0.4, 0.5) is 5.69 Å². The second kappa shape index (κ2) is 10.6. The number of likely N-dealkylation sites (N-methyl/N-ethyl adjacent to an activating group) is 1. The molecule has 0 aliphatic carbocycles. The topological polar surface area (TPSA) is 74.3 Å². The minimum atomic E-state index is -0.640. The lowest BCUT2D eigenvalue weighted by Gasteiger charge is -2.23. The largest absolute Gasteiger partial charge is 0.490 e. The van der Waals surface area contributed by atoms with E-state index in [9.17, 15) is 9.59 Å². The number of carbonyl (C=O) groups is 2. The first-order valence-electron chi connectivity index (χ1n) is 11.6. The van der Waals surface area contributed by atoms with E-state index in [1.165, 1.54) is 0 Å². The van der Waals surface area contributed by atoms with Gasteiger partial charge in [0.2, 0.25) is 5.75 Å². The highest BCUT2D eigenvalue weighted by Gasteiger charge is 2.38. The van der Waals surface area contributed by atoms with Gasteiger partial charge in [0.05, 0.1) is 25.4 Å². The minimum absolute atomic E-state index is 0.224. The first-order chi connectivity index (χ1) is 16.2. The first kappa shape index (κ1) is 25.1. The molecule has 34 heavy (non-hydrogen) atoms. The van der Waals surface area contributed by atoms with E-state index in [-0.39, 0.29) is 23.4 Å². The maximum absolute atomic E-state index is 12.8. The summed E-state index contributed by atoms with van der Waals surface area (Å²) in [6, 6.07) is 11.2. The summed E-state index contributed by atoms with van der Waals surface area (Å²) in [5.41, 5.74) is 2.95. The van der Waals surface area contributed by atoms with Crippen molar-refractivity contribution in [1.29, 1.82) is 0 Å². The highest BCUT2D eigenvalue weighted by Crippen LogP contribution is 2.46. The summed E-state index contributed by atoms with van der Waals surface area (Å²) < 4.78 is 22.3. The van der Waals surface area contributed by atoms with Gasteiger partial charge in [-0.1, -0.05) is 32.0 Å².